The van der Waals surface area contributed by atoms with Crippen LogP contribution in [0.5, 0.6) is 0 Å². The minimum atomic E-state index is -3.98. The van der Waals surface area contributed by atoms with Gasteiger partial charge in [0.25, 0.3) is 0 Å². The second-order valence-electron chi connectivity index (χ2n) is 4.03. The highest BCUT2D eigenvalue weighted by atomic mass is 32.2. The van der Waals surface area contributed by atoms with Gasteiger partial charge in [-0.3, -0.25) is 0 Å². The fourth-order valence-electron chi connectivity index (χ4n) is 1.66. The lowest BCUT2D eigenvalue weighted by atomic mass is 10.2. The van der Waals surface area contributed by atoms with Crippen LogP contribution in [0.3, 0.4) is 0 Å². The Bertz CT molecular complexity index is 714. The third-order valence-corrected chi connectivity index (χ3v) is 4.30. The van der Waals surface area contributed by atoms with E-state index in [1.807, 2.05) is 0 Å². The summed E-state index contributed by atoms with van der Waals surface area (Å²) in [5, 5.41) is 0. The van der Waals surface area contributed by atoms with Gasteiger partial charge in [-0.05, 0) is 29.8 Å². The van der Waals surface area contributed by atoms with Crippen LogP contribution in [-0.4, -0.2) is 8.42 Å². The van der Waals surface area contributed by atoms with Crippen molar-refractivity contribution in [2.75, 3.05) is 5.73 Å². The molecule has 2 rings (SSSR count). The Kier molecular flexibility index (Phi) is 3.53. The molecule has 0 aliphatic heterocycles. The summed E-state index contributed by atoms with van der Waals surface area (Å²) in [5.41, 5.74) is 6.29. The number of anilines is 1. The molecule has 3 nitrogen and oxygen atoms in total. The fourth-order valence-corrected chi connectivity index (χ4v) is 3.15. The van der Waals surface area contributed by atoms with Crippen molar-refractivity contribution in [2.24, 2.45) is 0 Å². The molecule has 0 heterocycles. The first kappa shape index (κ1) is 13.5. The Hall–Kier alpha value is -1.95. The molecular weight excluding hydrogens is 272 g/mol. The summed E-state index contributed by atoms with van der Waals surface area (Å²) in [7, 11) is -3.98. The Morgan fingerprint density at radius 2 is 1.74 bits per heavy atom. The predicted molar refractivity (Wildman–Crippen MR) is 68.1 cm³/mol. The van der Waals surface area contributed by atoms with Crippen LogP contribution in [-0.2, 0) is 15.6 Å². The van der Waals surface area contributed by atoms with Crippen LogP contribution in [0, 0.1) is 11.6 Å². The van der Waals surface area contributed by atoms with Crippen LogP contribution in [0.25, 0.3) is 0 Å². The van der Waals surface area contributed by atoms with E-state index < -0.39 is 32.1 Å². The maximum atomic E-state index is 13.5. The molecule has 0 saturated carbocycles. The van der Waals surface area contributed by atoms with Crippen LogP contribution in [0.1, 0.15) is 5.56 Å². The minimum Gasteiger partial charge on any atom is -0.398 e. The Morgan fingerprint density at radius 1 is 1.05 bits per heavy atom. The number of halogens is 2. The number of hydrogen-bond acceptors (Lipinski definition) is 3. The number of rotatable bonds is 3. The van der Waals surface area contributed by atoms with Gasteiger partial charge in [0, 0.05) is 5.69 Å². The van der Waals surface area contributed by atoms with Gasteiger partial charge in [0.2, 0.25) is 0 Å². The highest BCUT2D eigenvalue weighted by Gasteiger charge is 2.21. The number of para-hydroxylation sites is 1. The molecule has 0 spiro atoms. The third kappa shape index (κ3) is 2.90. The number of sulfone groups is 1. The highest BCUT2D eigenvalue weighted by Crippen LogP contribution is 2.23. The lowest BCUT2D eigenvalue weighted by Gasteiger charge is -2.08. The van der Waals surface area contributed by atoms with Gasteiger partial charge in [0.05, 0.1) is 5.75 Å². The van der Waals surface area contributed by atoms with Crippen LogP contribution >= 0.6 is 0 Å². The minimum absolute atomic E-state index is 0.294. The third-order valence-electron chi connectivity index (χ3n) is 2.63. The molecule has 100 valence electrons. The lowest BCUT2D eigenvalue weighted by molar-refractivity contribution is 0.553. The highest BCUT2D eigenvalue weighted by molar-refractivity contribution is 7.90. The Morgan fingerprint density at radius 3 is 2.42 bits per heavy atom. The SMILES string of the molecule is Nc1ccccc1CS(=O)(=O)c1cc(F)ccc1F. The zero-order valence-corrected chi connectivity index (χ0v) is 10.6. The lowest BCUT2D eigenvalue weighted by Crippen LogP contribution is -2.09. The van der Waals surface area contributed by atoms with Gasteiger partial charge < -0.3 is 5.73 Å². The molecule has 0 amide bonds. The van der Waals surface area contributed by atoms with Gasteiger partial charge in [-0.15, -0.1) is 0 Å². The first-order valence-electron chi connectivity index (χ1n) is 5.41. The van der Waals surface area contributed by atoms with E-state index in [-0.39, 0.29) is 0 Å². The van der Waals surface area contributed by atoms with E-state index in [4.69, 9.17) is 5.73 Å². The standard InChI is InChI=1S/C13H11F2NO2S/c14-10-5-6-11(15)13(7-10)19(17,18)8-9-3-1-2-4-12(9)16/h1-7H,8,16H2. The van der Waals surface area contributed by atoms with Crippen LogP contribution < -0.4 is 5.73 Å². The van der Waals surface area contributed by atoms with Gasteiger partial charge in [0.1, 0.15) is 16.5 Å². The molecular formula is C13H11F2NO2S. The summed E-state index contributed by atoms with van der Waals surface area (Å²) in [6, 6.07) is 8.69. The average molecular weight is 283 g/mol. The van der Waals surface area contributed by atoms with Gasteiger partial charge >= 0.3 is 0 Å². The van der Waals surface area contributed by atoms with Crippen molar-refractivity contribution in [1.29, 1.82) is 0 Å². The maximum Gasteiger partial charge on any atom is 0.185 e. The molecule has 2 N–H and O–H groups in total. The fraction of sp³-hybridized carbons (Fsp3) is 0.0769. The van der Waals surface area contributed by atoms with E-state index in [2.05, 4.69) is 0 Å². The largest absolute Gasteiger partial charge is 0.398 e. The van der Waals surface area contributed by atoms with Crippen molar-refractivity contribution >= 4 is 15.5 Å². The summed E-state index contributed by atoms with van der Waals surface area (Å²) in [6.07, 6.45) is 0. The van der Waals surface area contributed by atoms with Gasteiger partial charge in [-0.2, -0.15) is 0 Å². The molecule has 0 atom stereocenters. The van der Waals surface area contributed by atoms with Crippen LogP contribution in [0.15, 0.2) is 47.4 Å². The number of nitrogens with two attached hydrogens (primary N) is 1. The van der Waals surface area contributed by atoms with Crippen LogP contribution in [0.4, 0.5) is 14.5 Å². The van der Waals surface area contributed by atoms with E-state index in [0.717, 1.165) is 12.1 Å². The van der Waals surface area contributed by atoms with Crippen molar-refractivity contribution < 1.29 is 17.2 Å². The Balaban J connectivity index is 2.44. The molecule has 0 radical (unpaired) electrons. The van der Waals surface area contributed by atoms with E-state index in [0.29, 0.717) is 17.3 Å². The van der Waals surface area contributed by atoms with Crippen molar-refractivity contribution in [3.05, 3.63) is 59.7 Å². The summed E-state index contributed by atoms with van der Waals surface area (Å²) in [4.78, 5) is -0.657. The van der Waals surface area contributed by atoms with E-state index in [9.17, 15) is 17.2 Å². The average Bonchev–Trinajstić information content (AvgIpc) is 2.35. The molecule has 19 heavy (non-hydrogen) atoms. The molecule has 2 aromatic rings. The van der Waals surface area contributed by atoms with Crippen molar-refractivity contribution in [1.82, 2.24) is 0 Å². The zero-order chi connectivity index (χ0) is 14.0. The van der Waals surface area contributed by atoms with Crippen molar-refractivity contribution in [3.8, 4) is 0 Å². The molecule has 0 aliphatic rings. The second kappa shape index (κ2) is 4.97. The Labute approximate surface area is 109 Å². The zero-order valence-electron chi connectivity index (χ0n) is 9.81. The van der Waals surface area contributed by atoms with E-state index >= 15 is 0 Å². The van der Waals surface area contributed by atoms with E-state index in [1.165, 1.54) is 6.07 Å². The first-order valence-corrected chi connectivity index (χ1v) is 7.06. The second-order valence-corrected chi connectivity index (χ2v) is 5.99. The molecule has 0 bridgehead atoms. The molecule has 0 saturated heterocycles. The maximum absolute atomic E-state index is 13.5. The smallest absolute Gasteiger partial charge is 0.185 e. The molecule has 2 aromatic carbocycles. The molecule has 0 fully saturated rings. The van der Waals surface area contributed by atoms with Crippen molar-refractivity contribution in [3.63, 3.8) is 0 Å². The molecule has 0 aromatic heterocycles. The van der Waals surface area contributed by atoms with Gasteiger partial charge in [-0.1, -0.05) is 18.2 Å². The van der Waals surface area contributed by atoms with Crippen LogP contribution in [0.2, 0.25) is 0 Å². The molecule has 6 heteroatoms. The monoisotopic (exact) mass is 283 g/mol. The normalized spacial score (nSPS) is 11.5. The predicted octanol–water partition coefficient (Wildman–Crippen LogP) is 2.52. The molecule has 0 aliphatic carbocycles. The first-order chi connectivity index (χ1) is 8.90. The summed E-state index contributed by atoms with van der Waals surface area (Å²) in [5.74, 6) is -2.25. The van der Waals surface area contributed by atoms with E-state index in [1.54, 1.807) is 18.2 Å². The summed E-state index contributed by atoms with van der Waals surface area (Å²) < 4.78 is 50.7. The van der Waals surface area contributed by atoms with Gasteiger partial charge in [0.15, 0.2) is 9.84 Å². The topological polar surface area (TPSA) is 60.2 Å². The van der Waals surface area contributed by atoms with Gasteiger partial charge in [-0.25, -0.2) is 17.2 Å². The summed E-state index contributed by atoms with van der Waals surface area (Å²) in [6.45, 7) is 0. The molecule has 0 unspecified atom stereocenters. The number of hydrogen-bond donors (Lipinski definition) is 1. The quantitative estimate of drug-likeness (QED) is 0.880. The van der Waals surface area contributed by atoms with Crippen molar-refractivity contribution in [2.45, 2.75) is 10.6 Å². The summed E-state index contributed by atoms with van der Waals surface area (Å²) >= 11 is 0. The number of nitrogen functional groups attached to an aromatic ring is 1. The number of benzene rings is 2.